The fourth-order valence-corrected chi connectivity index (χ4v) is 3.32. The van der Waals surface area contributed by atoms with Crippen LogP contribution < -0.4 is 10.7 Å². The van der Waals surface area contributed by atoms with Crippen molar-refractivity contribution in [2.24, 2.45) is 0 Å². The number of nitrogens with zero attached hydrogens (tertiary/aromatic N) is 2. The third-order valence-corrected chi connectivity index (χ3v) is 4.79. The molecule has 0 bridgehead atoms. The Hall–Kier alpha value is -2.68. The van der Waals surface area contributed by atoms with E-state index in [0.29, 0.717) is 25.7 Å². The summed E-state index contributed by atoms with van der Waals surface area (Å²) in [4.78, 5) is 24.8. The molecular weight excluding hydrogens is 375 g/mol. The van der Waals surface area contributed by atoms with Crippen LogP contribution in [0.25, 0.3) is 5.69 Å². The minimum Gasteiger partial charge on any atom is -0.393 e. The minimum atomic E-state index is -4.61. The lowest BCUT2D eigenvalue weighted by Gasteiger charge is -2.26. The van der Waals surface area contributed by atoms with E-state index in [1.165, 1.54) is 25.1 Å². The number of aliphatic hydroxyl groups excluding tert-OH is 1. The summed E-state index contributed by atoms with van der Waals surface area (Å²) in [6, 6.07) is 5.72. The number of alkyl halides is 3. The smallest absolute Gasteiger partial charge is 0.393 e. The van der Waals surface area contributed by atoms with Gasteiger partial charge in [0.2, 0.25) is 5.43 Å². The van der Waals surface area contributed by atoms with Crippen molar-refractivity contribution in [3.05, 3.63) is 57.5 Å². The molecule has 2 N–H and O–H groups in total. The van der Waals surface area contributed by atoms with E-state index in [1.807, 2.05) is 0 Å². The number of nitrogens with one attached hydrogen (secondary N) is 1. The van der Waals surface area contributed by atoms with Gasteiger partial charge in [-0.1, -0.05) is 12.1 Å². The van der Waals surface area contributed by atoms with E-state index in [-0.39, 0.29) is 17.4 Å². The van der Waals surface area contributed by atoms with E-state index in [4.69, 9.17) is 0 Å². The van der Waals surface area contributed by atoms with Crippen molar-refractivity contribution < 1.29 is 23.1 Å². The van der Waals surface area contributed by atoms with E-state index in [1.54, 1.807) is 0 Å². The van der Waals surface area contributed by atoms with Crippen LogP contribution in [0, 0.1) is 6.92 Å². The molecule has 9 heteroatoms. The highest BCUT2D eigenvalue weighted by atomic mass is 19.4. The molecule has 1 aromatic heterocycles. The molecule has 1 fully saturated rings. The average molecular weight is 395 g/mol. The molecule has 0 spiro atoms. The van der Waals surface area contributed by atoms with E-state index >= 15 is 0 Å². The van der Waals surface area contributed by atoms with Gasteiger partial charge >= 0.3 is 6.18 Å². The van der Waals surface area contributed by atoms with Crippen LogP contribution in [0.3, 0.4) is 0 Å². The SMILES string of the molecule is Cc1cc(=O)c(C(=O)NC2CCC(O)CC2)nn1-c1ccccc1C(F)(F)F. The molecule has 3 rings (SSSR count). The summed E-state index contributed by atoms with van der Waals surface area (Å²) in [5, 5.41) is 16.2. The number of rotatable bonds is 3. The van der Waals surface area contributed by atoms with Crippen molar-refractivity contribution in [3.63, 3.8) is 0 Å². The minimum absolute atomic E-state index is 0.180. The van der Waals surface area contributed by atoms with Crippen LogP contribution in [0.1, 0.15) is 47.4 Å². The summed E-state index contributed by atoms with van der Waals surface area (Å²) in [6.45, 7) is 1.45. The van der Waals surface area contributed by atoms with Gasteiger partial charge in [0, 0.05) is 17.8 Å². The third-order valence-electron chi connectivity index (χ3n) is 4.79. The highest BCUT2D eigenvalue weighted by Crippen LogP contribution is 2.33. The maximum Gasteiger partial charge on any atom is 0.418 e. The van der Waals surface area contributed by atoms with Crippen LogP contribution in [0.4, 0.5) is 13.2 Å². The number of halogens is 3. The number of hydrogen-bond donors (Lipinski definition) is 2. The van der Waals surface area contributed by atoms with Gasteiger partial charge in [0.1, 0.15) is 0 Å². The quantitative estimate of drug-likeness (QED) is 0.837. The van der Waals surface area contributed by atoms with Gasteiger partial charge in [-0.05, 0) is 44.7 Å². The number of aryl methyl sites for hydroxylation is 1. The first-order chi connectivity index (χ1) is 13.2. The van der Waals surface area contributed by atoms with Crippen LogP contribution in [0.2, 0.25) is 0 Å². The van der Waals surface area contributed by atoms with E-state index in [0.717, 1.165) is 16.8 Å². The highest BCUT2D eigenvalue weighted by Gasteiger charge is 2.34. The number of amides is 1. The van der Waals surface area contributed by atoms with Crippen LogP contribution in [-0.2, 0) is 6.18 Å². The van der Waals surface area contributed by atoms with E-state index in [9.17, 15) is 27.9 Å². The summed E-state index contributed by atoms with van der Waals surface area (Å²) in [6.07, 6.45) is -2.82. The van der Waals surface area contributed by atoms with Gasteiger partial charge in [0.25, 0.3) is 5.91 Å². The highest BCUT2D eigenvalue weighted by molar-refractivity contribution is 5.92. The lowest BCUT2D eigenvalue weighted by Crippen LogP contribution is -2.41. The number of hydrogen-bond acceptors (Lipinski definition) is 4. The van der Waals surface area contributed by atoms with Crippen molar-refractivity contribution in [1.82, 2.24) is 15.1 Å². The van der Waals surface area contributed by atoms with Crippen molar-refractivity contribution >= 4 is 5.91 Å². The maximum absolute atomic E-state index is 13.3. The Balaban J connectivity index is 1.96. The summed E-state index contributed by atoms with van der Waals surface area (Å²) < 4.78 is 41.0. The molecular formula is C19H20F3N3O3. The molecule has 1 saturated carbocycles. The van der Waals surface area contributed by atoms with Crippen molar-refractivity contribution in [1.29, 1.82) is 0 Å². The second kappa shape index (κ2) is 7.75. The molecule has 0 radical (unpaired) electrons. The molecule has 2 aromatic rings. The molecule has 1 amide bonds. The number of benzene rings is 1. The Bertz CT molecular complexity index is 932. The number of aromatic nitrogens is 2. The van der Waals surface area contributed by atoms with Gasteiger partial charge in [-0.25, -0.2) is 4.68 Å². The second-order valence-corrected chi connectivity index (χ2v) is 6.90. The molecule has 28 heavy (non-hydrogen) atoms. The van der Waals surface area contributed by atoms with Crippen molar-refractivity contribution in [3.8, 4) is 5.69 Å². The van der Waals surface area contributed by atoms with Crippen LogP contribution in [0.5, 0.6) is 0 Å². The van der Waals surface area contributed by atoms with Gasteiger partial charge in [0.05, 0.1) is 17.4 Å². The van der Waals surface area contributed by atoms with Crippen molar-refractivity contribution in [2.45, 2.75) is 50.9 Å². The summed E-state index contributed by atoms with van der Waals surface area (Å²) >= 11 is 0. The fourth-order valence-electron chi connectivity index (χ4n) is 3.32. The molecule has 6 nitrogen and oxygen atoms in total. The zero-order valence-corrected chi connectivity index (χ0v) is 15.2. The first-order valence-electron chi connectivity index (χ1n) is 8.93. The zero-order chi connectivity index (χ0) is 20.5. The largest absolute Gasteiger partial charge is 0.418 e. The average Bonchev–Trinajstić information content (AvgIpc) is 2.63. The topological polar surface area (TPSA) is 84.2 Å². The van der Waals surface area contributed by atoms with Gasteiger partial charge in [0.15, 0.2) is 5.69 Å². The maximum atomic E-state index is 13.3. The Labute approximate surface area is 159 Å². The van der Waals surface area contributed by atoms with E-state index < -0.39 is 34.9 Å². The van der Waals surface area contributed by atoms with Gasteiger partial charge in [-0.15, -0.1) is 0 Å². The second-order valence-electron chi connectivity index (χ2n) is 6.90. The summed E-state index contributed by atoms with van der Waals surface area (Å²) in [5.74, 6) is -0.732. The molecule has 1 aromatic carbocycles. The number of carbonyl (C=O) groups is 1. The Morgan fingerprint density at radius 3 is 2.50 bits per heavy atom. The normalized spacial score (nSPS) is 20.0. The number of aliphatic hydroxyl groups is 1. The fraction of sp³-hybridized carbons (Fsp3) is 0.421. The predicted molar refractivity (Wildman–Crippen MR) is 95.3 cm³/mol. The summed E-state index contributed by atoms with van der Waals surface area (Å²) in [5.41, 5.74) is -2.12. The predicted octanol–water partition coefficient (Wildman–Crippen LogP) is 2.59. The Morgan fingerprint density at radius 1 is 1.21 bits per heavy atom. The summed E-state index contributed by atoms with van der Waals surface area (Å²) in [7, 11) is 0. The molecule has 1 heterocycles. The molecule has 1 aliphatic rings. The van der Waals surface area contributed by atoms with Crippen LogP contribution in [-0.4, -0.2) is 32.9 Å². The first kappa shape index (κ1) is 20.1. The van der Waals surface area contributed by atoms with Gasteiger partial charge in [-0.2, -0.15) is 18.3 Å². The Kier molecular flexibility index (Phi) is 5.55. The molecule has 0 aliphatic heterocycles. The number of para-hydroxylation sites is 1. The molecule has 0 atom stereocenters. The van der Waals surface area contributed by atoms with Gasteiger partial charge in [-0.3, -0.25) is 9.59 Å². The monoisotopic (exact) mass is 395 g/mol. The zero-order valence-electron chi connectivity index (χ0n) is 15.2. The van der Waals surface area contributed by atoms with Crippen molar-refractivity contribution in [2.75, 3.05) is 0 Å². The first-order valence-corrected chi connectivity index (χ1v) is 8.93. The molecule has 1 aliphatic carbocycles. The van der Waals surface area contributed by atoms with Crippen LogP contribution in [0.15, 0.2) is 35.1 Å². The number of carbonyl (C=O) groups excluding carboxylic acids is 1. The Morgan fingerprint density at radius 2 is 1.86 bits per heavy atom. The lowest BCUT2D eigenvalue weighted by atomic mass is 9.93. The van der Waals surface area contributed by atoms with E-state index in [2.05, 4.69) is 10.4 Å². The van der Waals surface area contributed by atoms with Crippen LogP contribution >= 0.6 is 0 Å². The molecule has 0 unspecified atom stereocenters. The standard InChI is InChI=1S/C19H20F3N3O3/c1-11-10-16(27)17(18(28)23-12-6-8-13(26)9-7-12)24-25(11)15-5-3-2-4-14(15)19(20,21)22/h2-5,10,12-13,26H,6-9H2,1H3,(H,23,28). The molecule has 0 saturated heterocycles. The molecule has 150 valence electrons. The lowest BCUT2D eigenvalue weighted by molar-refractivity contribution is -0.137. The van der Waals surface area contributed by atoms with Gasteiger partial charge < -0.3 is 10.4 Å². The third kappa shape index (κ3) is 4.24.